The first kappa shape index (κ1) is 16.4. The van der Waals surface area contributed by atoms with Crippen LogP contribution in [0.4, 0.5) is 18.9 Å². The SMILES string of the molecule is N#CCc1ccc(NC(=O)c2ccc(OC(F)(F)F)cc2)cc1. The Labute approximate surface area is 130 Å². The summed E-state index contributed by atoms with van der Waals surface area (Å²) in [6, 6.07) is 13.3. The van der Waals surface area contributed by atoms with Crippen LogP contribution in [0.25, 0.3) is 0 Å². The molecule has 0 radical (unpaired) electrons. The number of rotatable bonds is 4. The Hall–Kier alpha value is -3.01. The molecular weight excluding hydrogens is 309 g/mol. The second-order valence-electron chi connectivity index (χ2n) is 4.56. The molecule has 0 aliphatic carbocycles. The molecule has 0 atom stereocenters. The van der Waals surface area contributed by atoms with E-state index in [9.17, 15) is 18.0 Å². The molecule has 0 bridgehead atoms. The molecule has 0 aromatic heterocycles. The van der Waals surface area contributed by atoms with Crippen molar-refractivity contribution < 1.29 is 22.7 Å². The molecule has 118 valence electrons. The molecule has 0 heterocycles. The number of anilines is 1. The number of alkyl halides is 3. The normalized spacial score (nSPS) is 10.7. The number of hydrogen-bond donors (Lipinski definition) is 1. The van der Waals surface area contributed by atoms with Gasteiger partial charge < -0.3 is 10.1 Å². The summed E-state index contributed by atoms with van der Waals surface area (Å²) >= 11 is 0. The monoisotopic (exact) mass is 320 g/mol. The molecular formula is C16H11F3N2O2. The van der Waals surface area contributed by atoms with E-state index in [1.165, 1.54) is 12.1 Å². The molecule has 23 heavy (non-hydrogen) atoms. The van der Waals surface area contributed by atoms with Crippen LogP contribution in [0.1, 0.15) is 15.9 Å². The van der Waals surface area contributed by atoms with Crippen LogP contribution in [-0.2, 0) is 6.42 Å². The quantitative estimate of drug-likeness (QED) is 0.929. The van der Waals surface area contributed by atoms with Crippen LogP contribution >= 0.6 is 0 Å². The third-order valence-electron chi connectivity index (χ3n) is 2.85. The van der Waals surface area contributed by atoms with Gasteiger partial charge in [0.25, 0.3) is 5.91 Å². The molecule has 0 spiro atoms. The minimum absolute atomic E-state index is 0.195. The Bertz CT molecular complexity index is 717. The number of nitrogens with zero attached hydrogens (tertiary/aromatic N) is 1. The van der Waals surface area contributed by atoms with Gasteiger partial charge in [-0.3, -0.25) is 4.79 Å². The number of nitrogens with one attached hydrogen (secondary N) is 1. The summed E-state index contributed by atoms with van der Waals surface area (Å²) in [7, 11) is 0. The lowest BCUT2D eigenvalue weighted by Crippen LogP contribution is -2.17. The first-order valence-corrected chi connectivity index (χ1v) is 6.50. The predicted molar refractivity (Wildman–Crippen MR) is 76.8 cm³/mol. The van der Waals surface area contributed by atoms with Crippen LogP contribution < -0.4 is 10.1 Å². The van der Waals surface area contributed by atoms with E-state index in [4.69, 9.17) is 5.26 Å². The van der Waals surface area contributed by atoms with Gasteiger partial charge in [-0.1, -0.05) is 12.1 Å². The van der Waals surface area contributed by atoms with Gasteiger partial charge in [0, 0.05) is 11.3 Å². The summed E-state index contributed by atoms with van der Waals surface area (Å²) in [6.07, 6.45) is -4.50. The van der Waals surface area contributed by atoms with Crippen molar-refractivity contribution in [3.63, 3.8) is 0 Å². The van der Waals surface area contributed by atoms with Gasteiger partial charge in [-0.05, 0) is 42.0 Å². The molecule has 0 unspecified atom stereocenters. The topological polar surface area (TPSA) is 62.1 Å². The predicted octanol–water partition coefficient (Wildman–Crippen LogP) is 3.90. The highest BCUT2D eigenvalue weighted by atomic mass is 19.4. The van der Waals surface area contributed by atoms with Crippen molar-refractivity contribution in [3.8, 4) is 11.8 Å². The van der Waals surface area contributed by atoms with E-state index >= 15 is 0 Å². The molecule has 0 aliphatic rings. The van der Waals surface area contributed by atoms with Crippen molar-refractivity contribution in [2.45, 2.75) is 12.8 Å². The zero-order valence-corrected chi connectivity index (χ0v) is 11.7. The van der Waals surface area contributed by atoms with Crippen molar-refractivity contribution in [1.29, 1.82) is 5.26 Å². The highest BCUT2D eigenvalue weighted by molar-refractivity contribution is 6.04. The molecule has 1 amide bonds. The fourth-order valence-corrected chi connectivity index (χ4v) is 1.81. The number of halogens is 3. The van der Waals surface area contributed by atoms with Crippen molar-refractivity contribution in [2.75, 3.05) is 5.32 Å². The number of carbonyl (C=O) groups excluding carboxylic acids is 1. The summed E-state index contributed by atoms with van der Waals surface area (Å²) in [6.45, 7) is 0. The molecule has 2 aromatic rings. The van der Waals surface area contributed by atoms with E-state index < -0.39 is 18.0 Å². The maximum absolute atomic E-state index is 12.1. The van der Waals surface area contributed by atoms with Crippen LogP contribution in [0.3, 0.4) is 0 Å². The first-order valence-electron chi connectivity index (χ1n) is 6.50. The van der Waals surface area contributed by atoms with Crippen molar-refractivity contribution >= 4 is 11.6 Å². The van der Waals surface area contributed by atoms with Crippen molar-refractivity contribution in [2.24, 2.45) is 0 Å². The average Bonchev–Trinajstić information content (AvgIpc) is 2.48. The third kappa shape index (κ3) is 5.04. The standard InChI is InChI=1S/C16H11F3N2O2/c17-16(18,19)23-14-7-3-12(4-8-14)15(22)21-13-5-1-11(2-6-13)9-10-20/h1-8H,9H2,(H,21,22). The van der Waals surface area contributed by atoms with Gasteiger partial charge in [-0.2, -0.15) is 5.26 Å². The van der Waals surface area contributed by atoms with E-state index in [-0.39, 0.29) is 12.0 Å². The Kier molecular flexibility index (Phi) is 4.86. The Balaban J connectivity index is 2.01. The van der Waals surface area contributed by atoms with Gasteiger partial charge in [0.15, 0.2) is 0 Å². The molecule has 0 fully saturated rings. The summed E-state index contributed by atoms with van der Waals surface area (Å²) in [5.41, 5.74) is 1.53. The van der Waals surface area contributed by atoms with Gasteiger partial charge in [-0.15, -0.1) is 13.2 Å². The highest BCUT2D eigenvalue weighted by Gasteiger charge is 2.31. The van der Waals surface area contributed by atoms with Gasteiger partial charge in [0.05, 0.1) is 12.5 Å². The van der Waals surface area contributed by atoms with Gasteiger partial charge in [0.1, 0.15) is 5.75 Å². The molecule has 0 aliphatic heterocycles. The molecule has 2 aromatic carbocycles. The van der Waals surface area contributed by atoms with E-state index in [1.807, 2.05) is 6.07 Å². The zero-order valence-electron chi connectivity index (χ0n) is 11.7. The van der Waals surface area contributed by atoms with Crippen LogP contribution in [0.5, 0.6) is 5.75 Å². The van der Waals surface area contributed by atoms with Gasteiger partial charge in [0.2, 0.25) is 0 Å². The number of carbonyl (C=O) groups is 1. The summed E-state index contributed by atoms with van der Waals surface area (Å²) < 4.78 is 39.9. The molecule has 7 heteroatoms. The second-order valence-corrected chi connectivity index (χ2v) is 4.56. The lowest BCUT2D eigenvalue weighted by atomic mass is 10.1. The summed E-state index contributed by atoms with van der Waals surface area (Å²) in [5.74, 6) is -0.855. The van der Waals surface area contributed by atoms with E-state index in [2.05, 4.69) is 10.1 Å². The summed E-state index contributed by atoms with van der Waals surface area (Å²) in [4.78, 5) is 12.0. The highest BCUT2D eigenvalue weighted by Crippen LogP contribution is 2.23. The lowest BCUT2D eigenvalue weighted by Gasteiger charge is -2.09. The number of amides is 1. The van der Waals surface area contributed by atoms with Crippen LogP contribution in [0.2, 0.25) is 0 Å². The summed E-state index contributed by atoms with van der Waals surface area (Å²) in [5, 5.41) is 11.2. The van der Waals surface area contributed by atoms with Crippen LogP contribution in [0.15, 0.2) is 48.5 Å². The molecule has 1 N–H and O–H groups in total. The lowest BCUT2D eigenvalue weighted by molar-refractivity contribution is -0.274. The Morgan fingerprint density at radius 1 is 1.09 bits per heavy atom. The Morgan fingerprint density at radius 2 is 1.70 bits per heavy atom. The minimum atomic E-state index is -4.77. The minimum Gasteiger partial charge on any atom is -0.406 e. The fraction of sp³-hybridized carbons (Fsp3) is 0.125. The molecule has 4 nitrogen and oxygen atoms in total. The van der Waals surface area contributed by atoms with E-state index in [0.29, 0.717) is 5.69 Å². The second kappa shape index (κ2) is 6.83. The Morgan fingerprint density at radius 3 is 2.22 bits per heavy atom. The maximum atomic E-state index is 12.1. The number of nitriles is 1. The zero-order chi connectivity index (χ0) is 16.9. The fourth-order valence-electron chi connectivity index (χ4n) is 1.81. The molecule has 2 rings (SSSR count). The van der Waals surface area contributed by atoms with Crippen molar-refractivity contribution in [1.82, 2.24) is 0 Å². The number of ether oxygens (including phenoxy) is 1. The van der Waals surface area contributed by atoms with Crippen LogP contribution in [0, 0.1) is 11.3 Å². The number of hydrogen-bond acceptors (Lipinski definition) is 3. The van der Waals surface area contributed by atoms with E-state index in [1.54, 1.807) is 24.3 Å². The van der Waals surface area contributed by atoms with E-state index in [0.717, 1.165) is 17.7 Å². The molecule has 0 saturated heterocycles. The smallest absolute Gasteiger partial charge is 0.406 e. The third-order valence-corrected chi connectivity index (χ3v) is 2.85. The largest absolute Gasteiger partial charge is 0.573 e. The number of benzene rings is 2. The average molecular weight is 320 g/mol. The van der Waals surface area contributed by atoms with Gasteiger partial charge >= 0.3 is 6.36 Å². The van der Waals surface area contributed by atoms with Crippen molar-refractivity contribution in [3.05, 3.63) is 59.7 Å². The van der Waals surface area contributed by atoms with Crippen LogP contribution in [-0.4, -0.2) is 12.3 Å². The molecule has 0 saturated carbocycles. The first-order chi connectivity index (χ1) is 10.9. The maximum Gasteiger partial charge on any atom is 0.573 e. The van der Waals surface area contributed by atoms with Gasteiger partial charge in [-0.25, -0.2) is 0 Å².